The average molecular weight is 481 g/mol. The van der Waals surface area contributed by atoms with Crippen molar-refractivity contribution in [3.63, 3.8) is 0 Å². The average Bonchev–Trinajstić information content (AvgIpc) is 3.27. The van der Waals surface area contributed by atoms with E-state index < -0.39 is 26.9 Å². The number of anilines is 1. The molecule has 0 spiro atoms. The van der Waals surface area contributed by atoms with Gasteiger partial charge in [-0.2, -0.15) is 14.1 Å². The van der Waals surface area contributed by atoms with Crippen molar-refractivity contribution in [3.05, 3.63) is 51.9 Å². The first kappa shape index (κ1) is 23.8. The highest BCUT2D eigenvalue weighted by Crippen LogP contribution is 2.31. The summed E-state index contributed by atoms with van der Waals surface area (Å²) in [5.74, 6) is -1.18. The van der Waals surface area contributed by atoms with E-state index in [1.807, 2.05) is 4.90 Å². The van der Waals surface area contributed by atoms with Crippen LogP contribution >= 0.6 is 0 Å². The zero-order valence-electron chi connectivity index (χ0n) is 19.0. The molecule has 180 valence electrons. The Morgan fingerprint density at radius 3 is 2.21 bits per heavy atom. The van der Waals surface area contributed by atoms with Crippen LogP contribution in [-0.4, -0.2) is 53.9 Å². The number of hydrogen-bond donors (Lipinski definition) is 0. The van der Waals surface area contributed by atoms with Gasteiger partial charge in [0.15, 0.2) is 0 Å². The molecule has 2 fully saturated rings. The molecule has 0 radical (unpaired) electrons. The second-order valence-corrected chi connectivity index (χ2v) is 11.7. The van der Waals surface area contributed by atoms with Crippen LogP contribution in [0.2, 0.25) is 0 Å². The molecule has 1 aromatic heterocycles. The first-order chi connectivity index (χ1) is 15.7. The van der Waals surface area contributed by atoms with E-state index in [-0.39, 0.29) is 11.2 Å². The van der Waals surface area contributed by atoms with Crippen LogP contribution in [0.15, 0.2) is 29.2 Å². The largest absolute Gasteiger partial charge is 0.367 e. The van der Waals surface area contributed by atoms with Crippen LogP contribution < -0.4 is 10.5 Å². The predicted molar refractivity (Wildman–Crippen MR) is 123 cm³/mol. The highest BCUT2D eigenvalue weighted by Gasteiger charge is 2.31. The lowest BCUT2D eigenvalue weighted by atomic mass is 9.97. The van der Waals surface area contributed by atoms with Crippen molar-refractivity contribution in [1.82, 2.24) is 14.1 Å². The van der Waals surface area contributed by atoms with Gasteiger partial charge in [0.25, 0.3) is 5.56 Å². The fourth-order valence-corrected chi connectivity index (χ4v) is 6.04. The molecule has 2 heterocycles. The van der Waals surface area contributed by atoms with Gasteiger partial charge >= 0.3 is 0 Å². The molecule has 2 aliphatic rings. The van der Waals surface area contributed by atoms with E-state index in [4.69, 9.17) is 0 Å². The van der Waals surface area contributed by atoms with Crippen LogP contribution in [0.25, 0.3) is 5.69 Å². The normalized spacial score (nSPS) is 18.4. The molecule has 1 saturated carbocycles. The molecule has 0 unspecified atom stereocenters. The maximum atomic E-state index is 13.8. The van der Waals surface area contributed by atoms with Crippen LogP contribution in [-0.2, 0) is 16.4 Å². The molecular formula is C23H30F2N4O3S. The summed E-state index contributed by atoms with van der Waals surface area (Å²) in [7, 11) is -3.34. The number of aromatic nitrogens is 2. The van der Waals surface area contributed by atoms with Gasteiger partial charge in [0, 0.05) is 37.8 Å². The van der Waals surface area contributed by atoms with Gasteiger partial charge in [-0.15, -0.1) is 0 Å². The molecule has 2 aromatic rings. The quantitative estimate of drug-likeness (QED) is 0.635. The van der Waals surface area contributed by atoms with Crippen LogP contribution in [0.1, 0.15) is 45.1 Å². The number of hydrogen-bond acceptors (Lipinski definition) is 5. The molecule has 10 heteroatoms. The molecular weight excluding hydrogens is 450 g/mol. The molecule has 4 rings (SSSR count). The summed E-state index contributed by atoms with van der Waals surface area (Å²) in [6, 6.07) is 2.94. The van der Waals surface area contributed by atoms with Crippen LogP contribution in [0, 0.1) is 17.6 Å². The van der Waals surface area contributed by atoms with Gasteiger partial charge in [0.2, 0.25) is 10.0 Å². The molecule has 33 heavy (non-hydrogen) atoms. The van der Waals surface area contributed by atoms with E-state index >= 15 is 0 Å². The Labute approximate surface area is 193 Å². The molecule has 1 saturated heterocycles. The standard InChI is InChI=1S/C23H30F2N4O3S/c1-16(2)33(31,32)28-9-7-27(8-10-28)22-15-26-29(20-13-18(24)12-19(25)14-20)23(30)21(22)11-17-5-3-4-6-17/h12-17H,3-11H2,1-2H3. The predicted octanol–water partition coefficient (Wildman–Crippen LogP) is 3.10. The molecule has 1 aromatic carbocycles. The topological polar surface area (TPSA) is 75.5 Å². The highest BCUT2D eigenvalue weighted by molar-refractivity contribution is 7.89. The van der Waals surface area contributed by atoms with Gasteiger partial charge in [-0.3, -0.25) is 4.79 Å². The molecule has 0 atom stereocenters. The first-order valence-electron chi connectivity index (χ1n) is 11.5. The third-order valence-corrected chi connectivity index (χ3v) is 8.93. The minimum absolute atomic E-state index is 0.0459. The van der Waals surface area contributed by atoms with Gasteiger partial charge in [0.1, 0.15) is 11.6 Å². The second-order valence-electron chi connectivity index (χ2n) is 9.19. The van der Waals surface area contributed by atoms with Crippen molar-refractivity contribution in [2.24, 2.45) is 5.92 Å². The van der Waals surface area contributed by atoms with E-state index in [1.54, 1.807) is 20.0 Å². The lowest BCUT2D eigenvalue weighted by Gasteiger charge is -2.37. The van der Waals surface area contributed by atoms with Crippen molar-refractivity contribution in [3.8, 4) is 5.69 Å². The first-order valence-corrected chi connectivity index (χ1v) is 13.0. The van der Waals surface area contributed by atoms with Gasteiger partial charge in [-0.05, 0) is 38.3 Å². The van der Waals surface area contributed by atoms with Crippen molar-refractivity contribution in [1.29, 1.82) is 0 Å². The molecule has 1 aliphatic heterocycles. The van der Waals surface area contributed by atoms with Gasteiger partial charge < -0.3 is 4.90 Å². The van der Waals surface area contributed by atoms with Gasteiger partial charge in [-0.1, -0.05) is 25.7 Å². The fourth-order valence-electron chi connectivity index (χ4n) is 4.77. The minimum atomic E-state index is -3.34. The summed E-state index contributed by atoms with van der Waals surface area (Å²) in [6.07, 6.45) is 6.47. The van der Waals surface area contributed by atoms with E-state index in [0.29, 0.717) is 49.8 Å². The number of rotatable bonds is 6. The zero-order chi connectivity index (χ0) is 23.8. The Hall–Kier alpha value is -2.33. The number of piperazine rings is 1. The number of sulfonamides is 1. The lowest BCUT2D eigenvalue weighted by molar-refractivity contribution is 0.380. The summed E-state index contributed by atoms with van der Waals surface area (Å²) < 4.78 is 55.2. The van der Waals surface area contributed by atoms with Gasteiger partial charge in [0.05, 0.1) is 22.8 Å². The maximum absolute atomic E-state index is 13.8. The zero-order valence-corrected chi connectivity index (χ0v) is 19.8. The maximum Gasteiger partial charge on any atom is 0.276 e. The number of benzene rings is 1. The Balaban J connectivity index is 1.68. The lowest BCUT2D eigenvalue weighted by Crippen LogP contribution is -2.51. The van der Waals surface area contributed by atoms with Crippen LogP contribution in [0.3, 0.4) is 0 Å². The molecule has 1 aliphatic carbocycles. The van der Waals surface area contributed by atoms with Gasteiger partial charge in [-0.25, -0.2) is 17.2 Å². The smallest absolute Gasteiger partial charge is 0.276 e. The number of halogens is 2. The van der Waals surface area contributed by atoms with E-state index in [0.717, 1.165) is 48.6 Å². The molecule has 7 nitrogen and oxygen atoms in total. The van der Waals surface area contributed by atoms with E-state index in [9.17, 15) is 22.0 Å². The Morgan fingerprint density at radius 2 is 1.64 bits per heavy atom. The van der Waals surface area contributed by atoms with Crippen LogP contribution in [0.4, 0.5) is 14.5 Å². The van der Waals surface area contributed by atoms with E-state index in [2.05, 4.69) is 5.10 Å². The van der Waals surface area contributed by atoms with Crippen molar-refractivity contribution >= 4 is 15.7 Å². The molecule has 0 bridgehead atoms. The third-order valence-electron chi connectivity index (χ3n) is 6.65. The molecule has 0 N–H and O–H groups in total. The Morgan fingerprint density at radius 1 is 1.03 bits per heavy atom. The summed E-state index contributed by atoms with van der Waals surface area (Å²) in [6.45, 7) is 4.90. The molecule has 0 amide bonds. The van der Waals surface area contributed by atoms with Crippen molar-refractivity contribution < 1.29 is 17.2 Å². The van der Waals surface area contributed by atoms with Crippen molar-refractivity contribution in [2.75, 3.05) is 31.1 Å². The van der Waals surface area contributed by atoms with Crippen LogP contribution in [0.5, 0.6) is 0 Å². The fraction of sp³-hybridized carbons (Fsp3) is 0.565. The van der Waals surface area contributed by atoms with Crippen molar-refractivity contribution in [2.45, 2.75) is 51.2 Å². The monoisotopic (exact) mass is 480 g/mol. The Kier molecular flexibility index (Phi) is 6.86. The Bertz CT molecular complexity index is 1150. The third kappa shape index (κ3) is 4.96. The summed E-state index contributed by atoms with van der Waals surface area (Å²) in [4.78, 5) is 15.5. The highest BCUT2D eigenvalue weighted by atomic mass is 32.2. The minimum Gasteiger partial charge on any atom is -0.367 e. The second kappa shape index (κ2) is 9.50. The number of nitrogens with zero attached hydrogens (tertiary/aromatic N) is 4. The summed E-state index contributed by atoms with van der Waals surface area (Å²) >= 11 is 0. The van der Waals surface area contributed by atoms with E-state index in [1.165, 1.54) is 4.31 Å². The summed E-state index contributed by atoms with van der Waals surface area (Å²) in [5.41, 5.74) is 0.912. The summed E-state index contributed by atoms with van der Waals surface area (Å²) in [5, 5.41) is 3.75. The SMILES string of the molecule is CC(C)S(=O)(=O)N1CCN(c2cnn(-c3cc(F)cc(F)c3)c(=O)c2CC2CCCC2)CC1.